The summed E-state index contributed by atoms with van der Waals surface area (Å²) in [6, 6.07) is 10.8. The van der Waals surface area contributed by atoms with Crippen LogP contribution in [0.1, 0.15) is 11.3 Å². The first-order valence-corrected chi connectivity index (χ1v) is 9.41. The Balaban J connectivity index is 1.91. The van der Waals surface area contributed by atoms with Crippen molar-refractivity contribution in [2.24, 2.45) is 0 Å². The Hall–Kier alpha value is -3.51. The molecule has 0 radical (unpaired) electrons. The molecule has 7 heteroatoms. The van der Waals surface area contributed by atoms with E-state index < -0.39 is 0 Å². The number of pyridine rings is 2. The van der Waals surface area contributed by atoms with Crippen molar-refractivity contribution in [2.45, 2.75) is 13.8 Å². The summed E-state index contributed by atoms with van der Waals surface area (Å²) in [7, 11) is 0. The van der Waals surface area contributed by atoms with Crippen LogP contribution >= 0.6 is 11.6 Å². The number of furan rings is 1. The van der Waals surface area contributed by atoms with E-state index in [1.807, 2.05) is 44.2 Å². The fourth-order valence-corrected chi connectivity index (χ4v) is 3.76. The van der Waals surface area contributed by atoms with Gasteiger partial charge in [-0.25, -0.2) is 9.97 Å². The molecule has 0 amide bonds. The highest BCUT2D eigenvalue weighted by molar-refractivity contribution is 6.35. The van der Waals surface area contributed by atoms with E-state index in [1.165, 1.54) is 6.07 Å². The Kier molecular flexibility index (Phi) is 3.96. The van der Waals surface area contributed by atoms with Gasteiger partial charge in [-0.15, -0.1) is 0 Å². The summed E-state index contributed by atoms with van der Waals surface area (Å²) in [5.74, 6) is 1.32. The van der Waals surface area contributed by atoms with Crippen LogP contribution < -0.4 is 5.43 Å². The lowest BCUT2D eigenvalue weighted by Gasteiger charge is -2.13. The molecule has 5 aromatic rings. The summed E-state index contributed by atoms with van der Waals surface area (Å²) in [5, 5.41) is 1.42. The van der Waals surface area contributed by atoms with Crippen LogP contribution in [0, 0.1) is 13.8 Å². The highest BCUT2D eigenvalue weighted by Crippen LogP contribution is 2.37. The molecule has 0 saturated heterocycles. The van der Waals surface area contributed by atoms with Crippen molar-refractivity contribution in [3.05, 3.63) is 75.4 Å². The number of H-pyrrole nitrogens is 1. The summed E-state index contributed by atoms with van der Waals surface area (Å²) in [6.45, 7) is 3.84. The molecule has 4 heterocycles. The monoisotopic (exact) mass is 402 g/mol. The number of benzene rings is 1. The van der Waals surface area contributed by atoms with Crippen molar-refractivity contribution >= 4 is 33.7 Å². The normalized spacial score (nSPS) is 11.4. The predicted octanol–water partition coefficient (Wildman–Crippen LogP) is 5.06. The lowest BCUT2D eigenvalue weighted by Crippen LogP contribution is -2.07. The fraction of sp³-hybridized carbons (Fsp3) is 0.0909. The first kappa shape index (κ1) is 17.6. The Labute approximate surface area is 170 Å². The number of nitrogens with one attached hydrogen (secondary N) is 1. The van der Waals surface area contributed by atoms with Gasteiger partial charge in [0.05, 0.1) is 10.5 Å². The number of aromatic amines is 1. The van der Waals surface area contributed by atoms with Crippen LogP contribution in [0.2, 0.25) is 5.02 Å². The summed E-state index contributed by atoms with van der Waals surface area (Å²) >= 11 is 6.53. The molecule has 0 aliphatic heterocycles. The zero-order valence-corrected chi connectivity index (χ0v) is 16.4. The van der Waals surface area contributed by atoms with Crippen LogP contribution in [-0.2, 0) is 0 Å². The largest absolute Gasteiger partial charge is 0.460 e. The third-order valence-electron chi connectivity index (χ3n) is 4.93. The summed E-state index contributed by atoms with van der Waals surface area (Å²) in [6.07, 6.45) is 3.26. The van der Waals surface area contributed by atoms with Crippen LogP contribution in [0.5, 0.6) is 0 Å². The molecule has 0 saturated carbocycles. The molecule has 1 N–H and O–H groups in total. The van der Waals surface area contributed by atoms with Gasteiger partial charge in [-0.05, 0) is 43.7 Å². The van der Waals surface area contributed by atoms with E-state index in [-0.39, 0.29) is 10.9 Å². The standard InChI is InChI=1S/C22H15ClN4O2/c1-11-5-6-17(29-11)21-19(26-20-16(28)7-9-25-22(20)27-21)14-10-15(23)18-13(12(14)2)4-3-8-24-18/h3-10H,1-2H3,(H,25,27,28). The van der Waals surface area contributed by atoms with Crippen molar-refractivity contribution in [2.75, 3.05) is 0 Å². The van der Waals surface area contributed by atoms with Crippen LogP contribution in [0.4, 0.5) is 0 Å². The Morgan fingerprint density at radius 2 is 1.90 bits per heavy atom. The van der Waals surface area contributed by atoms with Crippen LogP contribution in [0.3, 0.4) is 0 Å². The van der Waals surface area contributed by atoms with Gasteiger partial charge in [0.25, 0.3) is 0 Å². The van der Waals surface area contributed by atoms with Crippen LogP contribution in [0.25, 0.3) is 44.8 Å². The van der Waals surface area contributed by atoms with E-state index in [1.54, 1.807) is 12.4 Å². The summed E-state index contributed by atoms with van der Waals surface area (Å²) in [5.41, 5.74) is 3.97. The van der Waals surface area contributed by atoms with Crippen molar-refractivity contribution < 1.29 is 4.42 Å². The Morgan fingerprint density at radius 1 is 1.03 bits per heavy atom. The lowest BCUT2D eigenvalue weighted by molar-refractivity contribution is 0.546. The maximum Gasteiger partial charge on any atom is 0.209 e. The maximum atomic E-state index is 12.4. The Bertz CT molecular complexity index is 1470. The summed E-state index contributed by atoms with van der Waals surface area (Å²) in [4.78, 5) is 29.1. The van der Waals surface area contributed by atoms with Crippen molar-refractivity contribution in [1.82, 2.24) is 19.9 Å². The van der Waals surface area contributed by atoms with E-state index in [2.05, 4.69) is 15.0 Å². The second kappa shape index (κ2) is 6.53. The molecule has 0 spiro atoms. The van der Waals surface area contributed by atoms with E-state index in [0.29, 0.717) is 27.8 Å². The van der Waals surface area contributed by atoms with Gasteiger partial charge in [-0.3, -0.25) is 9.78 Å². The van der Waals surface area contributed by atoms with Crippen LogP contribution in [0.15, 0.2) is 58.0 Å². The first-order valence-electron chi connectivity index (χ1n) is 9.03. The molecule has 6 nitrogen and oxygen atoms in total. The second-order valence-corrected chi connectivity index (χ2v) is 7.21. The van der Waals surface area contributed by atoms with E-state index >= 15 is 0 Å². The number of hydrogen-bond donors (Lipinski definition) is 1. The number of halogens is 1. The fourth-order valence-electron chi connectivity index (χ4n) is 3.50. The number of aromatic nitrogens is 4. The minimum Gasteiger partial charge on any atom is -0.460 e. The van der Waals surface area contributed by atoms with Gasteiger partial charge in [0, 0.05) is 29.4 Å². The minimum absolute atomic E-state index is 0.208. The molecule has 0 atom stereocenters. The van der Waals surface area contributed by atoms with Gasteiger partial charge >= 0.3 is 0 Å². The molecule has 0 aliphatic rings. The third kappa shape index (κ3) is 2.80. The molecule has 5 rings (SSSR count). The van der Waals surface area contributed by atoms with E-state index in [4.69, 9.17) is 21.0 Å². The molecular formula is C22H15ClN4O2. The van der Waals surface area contributed by atoms with Gasteiger partial charge < -0.3 is 9.40 Å². The van der Waals surface area contributed by atoms with Crippen molar-refractivity contribution in [1.29, 1.82) is 0 Å². The highest BCUT2D eigenvalue weighted by atomic mass is 35.5. The molecule has 0 aliphatic carbocycles. The Morgan fingerprint density at radius 3 is 2.69 bits per heavy atom. The molecule has 0 fully saturated rings. The SMILES string of the molecule is Cc1ccc(-c2nc3[nH]ccc(=O)c3nc2-c2cc(Cl)c3ncccc3c2C)o1. The molecule has 1 aromatic carbocycles. The van der Waals surface area contributed by atoms with E-state index in [0.717, 1.165) is 27.8 Å². The zero-order valence-electron chi connectivity index (χ0n) is 15.7. The molecule has 0 unspecified atom stereocenters. The lowest BCUT2D eigenvalue weighted by atomic mass is 9.98. The van der Waals surface area contributed by atoms with Gasteiger partial charge in [-0.2, -0.15) is 0 Å². The average Bonchev–Trinajstić information content (AvgIpc) is 3.16. The summed E-state index contributed by atoms with van der Waals surface area (Å²) < 4.78 is 5.83. The average molecular weight is 403 g/mol. The zero-order chi connectivity index (χ0) is 20.1. The molecule has 4 aromatic heterocycles. The van der Waals surface area contributed by atoms with Gasteiger partial charge in [0.2, 0.25) is 5.43 Å². The molecular weight excluding hydrogens is 388 g/mol. The smallest absolute Gasteiger partial charge is 0.209 e. The second-order valence-electron chi connectivity index (χ2n) is 6.80. The van der Waals surface area contributed by atoms with Gasteiger partial charge in [0.1, 0.15) is 17.1 Å². The third-order valence-corrected chi connectivity index (χ3v) is 5.21. The number of aryl methyl sites for hydroxylation is 2. The van der Waals surface area contributed by atoms with Crippen LogP contribution in [-0.4, -0.2) is 19.9 Å². The number of nitrogens with zero attached hydrogens (tertiary/aromatic N) is 3. The number of hydrogen-bond acceptors (Lipinski definition) is 5. The number of rotatable bonds is 2. The van der Waals surface area contributed by atoms with Crippen molar-refractivity contribution in [3.8, 4) is 22.7 Å². The molecule has 142 valence electrons. The maximum absolute atomic E-state index is 12.4. The molecule has 29 heavy (non-hydrogen) atoms. The predicted molar refractivity (Wildman–Crippen MR) is 113 cm³/mol. The van der Waals surface area contributed by atoms with Gasteiger partial charge in [-0.1, -0.05) is 17.7 Å². The highest BCUT2D eigenvalue weighted by Gasteiger charge is 2.20. The minimum atomic E-state index is -0.208. The van der Waals surface area contributed by atoms with Gasteiger partial charge in [0.15, 0.2) is 16.9 Å². The van der Waals surface area contributed by atoms with Crippen molar-refractivity contribution in [3.63, 3.8) is 0 Å². The molecule has 0 bridgehead atoms. The van der Waals surface area contributed by atoms with E-state index in [9.17, 15) is 4.79 Å². The number of fused-ring (bicyclic) bond motifs is 2. The quantitative estimate of drug-likeness (QED) is 0.446. The first-order chi connectivity index (χ1) is 14.0. The topological polar surface area (TPSA) is 84.7 Å².